The Balaban J connectivity index is 0.000000161. The smallest absolute Gasteiger partial charge is 0.225 e. The number of likely N-dealkylation sites (N-methyl/N-ethyl adjacent to an activating group) is 1. The van der Waals surface area contributed by atoms with Crippen LogP contribution in [0.15, 0.2) is 58.5 Å². The molecule has 0 radical (unpaired) electrons. The van der Waals surface area contributed by atoms with E-state index in [-0.39, 0.29) is 24.3 Å². The Kier molecular flexibility index (Phi) is 13.3. The van der Waals surface area contributed by atoms with Gasteiger partial charge in [-0.25, -0.2) is 0 Å². The van der Waals surface area contributed by atoms with Crippen LogP contribution in [0, 0.1) is 47.0 Å². The van der Waals surface area contributed by atoms with Crippen LogP contribution in [0.25, 0.3) is 10.0 Å². The number of aryl methyl sites for hydroxylation is 4. The Morgan fingerprint density at radius 2 is 1.16 bits per heavy atom. The number of rotatable bonds is 9. The molecule has 2 saturated heterocycles. The van der Waals surface area contributed by atoms with Crippen molar-refractivity contribution in [2.24, 2.45) is 15.4 Å². The Morgan fingerprint density at radius 1 is 0.681 bits per heavy atom. The number of hydrogen-bond donors (Lipinski definition) is 1. The fourth-order valence-corrected chi connectivity index (χ4v) is 12.8. The van der Waals surface area contributed by atoms with E-state index in [2.05, 4.69) is 79.4 Å². The van der Waals surface area contributed by atoms with Gasteiger partial charge in [-0.1, -0.05) is 53.9 Å². The summed E-state index contributed by atoms with van der Waals surface area (Å²) in [6.45, 7) is 19.9. The first-order valence-electron chi connectivity index (χ1n) is 23.8. The summed E-state index contributed by atoms with van der Waals surface area (Å²) in [6.07, 6.45) is 4.32. The van der Waals surface area contributed by atoms with Gasteiger partial charge in [0.25, 0.3) is 0 Å². The second kappa shape index (κ2) is 19.2. The van der Waals surface area contributed by atoms with E-state index < -0.39 is 6.04 Å². The maximum atomic E-state index is 13.3. The van der Waals surface area contributed by atoms with Crippen LogP contribution in [0.1, 0.15) is 111 Å². The molecule has 1 N–H and O–H groups in total. The molecular formula is C51H58Cl2N12O2S2. The fraction of sp³-hybridized carbons (Fsp3) is 0.451. The van der Waals surface area contributed by atoms with Gasteiger partial charge in [-0.3, -0.25) is 33.6 Å². The molecule has 4 aliphatic heterocycles. The molecule has 0 unspecified atom stereocenters. The Hall–Kier alpha value is -5.10. The molecule has 5 aliphatic rings. The highest BCUT2D eigenvalue weighted by Gasteiger charge is 2.49. The van der Waals surface area contributed by atoms with E-state index in [0.717, 1.165) is 107 Å². The lowest BCUT2D eigenvalue weighted by atomic mass is 9.63. The van der Waals surface area contributed by atoms with Gasteiger partial charge in [0.15, 0.2) is 11.6 Å². The van der Waals surface area contributed by atoms with Crippen LogP contribution in [-0.2, 0) is 9.59 Å². The number of benzene rings is 2. The summed E-state index contributed by atoms with van der Waals surface area (Å²) in [5.41, 5.74) is 8.68. The van der Waals surface area contributed by atoms with Crippen molar-refractivity contribution in [2.45, 2.75) is 85.7 Å². The fourth-order valence-electron chi connectivity index (χ4n) is 10.2. The summed E-state index contributed by atoms with van der Waals surface area (Å²) >= 11 is 15.8. The number of halogens is 2. The normalized spacial score (nSPS) is 19.3. The Labute approximate surface area is 421 Å². The van der Waals surface area contributed by atoms with Crippen molar-refractivity contribution in [2.75, 3.05) is 59.4 Å². The van der Waals surface area contributed by atoms with E-state index in [1.54, 1.807) is 22.7 Å². The van der Waals surface area contributed by atoms with Crippen LogP contribution in [0.4, 0.5) is 0 Å². The molecule has 360 valence electrons. The SMILES string of the molecule is Cc1sc2c(c1C)C(c1ccc(Cl)cc1)=N[C@@H](CC(=O)N1CC3(CCC3)C1)c1nnc(C)n1-2.Cc1sc2c(c1C)C(c1ccc(Cl)cc1)=N[C@@H](CC(=O)NCCN1CCN(C)CC1)c1nnc(C)n1-2. The van der Waals surface area contributed by atoms with Crippen LogP contribution in [0.3, 0.4) is 0 Å². The number of carbonyl (C=O) groups excluding carboxylic acids is 2. The van der Waals surface area contributed by atoms with Crippen LogP contribution in [0.5, 0.6) is 0 Å². The monoisotopic (exact) mass is 1000 g/mol. The van der Waals surface area contributed by atoms with Crippen molar-refractivity contribution in [3.63, 3.8) is 0 Å². The van der Waals surface area contributed by atoms with E-state index in [1.807, 2.05) is 67.3 Å². The van der Waals surface area contributed by atoms with Gasteiger partial charge in [0.1, 0.15) is 33.7 Å². The number of hydrogen-bond acceptors (Lipinski definition) is 12. The molecule has 1 saturated carbocycles. The summed E-state index contributed by atoms with van der Waals surface area (Å²) in [4.78, 5) is 45.9. The second-order valence-electron chi connectivity index (χ2n) is 19.3. The van der Waals surface area contributed by atoms with Gasteiger partial charge in [-0.05, 0) is 96.8 Å². The predicted molar refractivity (Wildman–Crippen MR) is 276 cm³/mol. The molecule has 11 rings (SSSR count). The zero-order valence-electron chi connectivity index (χ0n) is 40.3. The Bertz CT molecular complexity index is 2980. The molecule has 6 aromatic rings. The molecule has 1 spiro atoms. The maximum Gasteiger partial charge on any atom is 0.225 e. The molecule has 2 amide bonds. The minimum Gasteiger partial charge on any atom is -0.355 e. The third-order valence-corrected chi connectivity index (χ3v) is 17.5. The van der Waals surface area contributed by atoms with Gasteiger partial charge in [-0.2, -0.15) is 0 Å². The number of thiophene rings is 2. The number of likely N-dealkylation sites (tertiary alicyclic amines) is 1. The first-order chi connectivity index (χ1) is 33.2. The van der Waals surface area contributed by atoms with E-state index in [9.17, 15) is 9.59 Å². The molecule has 8 heterocycles. The molecule has 3 fully saturated rings. The standard InChI is InChI=1S/C26H32ClN7OS.C25H26ClN5OS/c1-16-17(2)36-26-23(16)24(19-5-7-20(27)8-6-19)29-21(25-31-30-18(3)34(25)26)15-22(35)28-9-10-33-13-11-32(4)12-14-33;1-14-15(2)33-24-21(14)22(17-5-7-18(26)8-6-17)27-19(23-29-28-16(3)31(23)24)11-20(32)30-12-25(13-30)9-4-10-25/h5-8,21H,9-15H2,1-4H3,(H,28,35);5-8,19H,4,9-13H2,1-3H3/t21-;19-/m00/s1. The van der Waals surface area contributed by atoms with E-state index in [1.165, 1.54) is 40.1 Å². The first-order valence-corrected chi connectivity index (χ1v) is 26.2. The number of aromatic nitrogens is 6. The topological polar surface area (TPSA) is 142 Å². The number of aliphatic imine (C=N–C) groups is 2. The predicted octanol–water partition coefficient (Wildman–Crippen LogP) is 8.76. The van der Waals surface area contributed by atoms with Crippen molar-refractivity contribution < 1.29 is 9.59 Å². The number of nitrogens with zero attached hydrogens (tertiary/aromatic N) is 11. The molecule has 14 nitrogen and oxygen atoms in total. The lowest BCUT2D eigenvalue weighted by molar-refractivity contribution is -0.150. The average Bonchev–Trinajstić information content (AvgIpc) is 3.99. The lowest BCUT2D eigenvalue weighted by Gasteiger charge is -2.56. The number of nitrogens with one attached hydrogen (secondary N) is 1. The van der Waals surface area contributed by atoms with Crippen molar-refractivity contribution in [3.8, 4) is 10.0 Å². The Morgan fingerprint density at radius 3 is 1.62 bits per heavy atom. The van der Waals surface area contributed by atoms with Crippen LogP contribution >= 0.6 is 45.9 Å². The summed E-state index contributed by atoms with van der Waals surface area (Å²) in [5, 5.41) is 24.3. The number of piperazine rings is 1. The number of amides is 2. The van der Waals surface area contributed by atoms with Gasteiger partial charge in [0.2, 0.25) is 11.8 Å². The molecule has 2 aromatic carbocycles. The summed E-state index contributed by atoms with van der Waals surface area (Å²) < 4.78 is 4.18. The van der Waals surface area contributed by atoms with Crippen molar-refractivity contribution in [1.82, 2.24) is 49.5 Å². The van der Waals surface area contributed by atoms with Gasteiger partial charge in [0, 0.05) is 99.8 Å². The van der Waals surface area contributed by atoms with Crippen molar-refractivity contribution >= 4 is 69.1 Å². The van der Waals surface area contributed by atoms with Crippen molar-refractivity contribution in [1.29, 1.82) is 0 Å². The zero-order valence-corrected chi connectivity index (χ0v) is 43.4. The average molecular weight is 1010 g/mol. The molecule has 1 aliphatic carbocycles. The van der Waals surface area contributed by atoms with E-state index in [0.29, 0.717) is 34.3 Å². The van der Waals surface area contributed by atoms with Crippen LogP contribution in [-0.4, -0.2) is 127 Å². The quantitative estimate of drug-likeness (QED) is 0.152. The number of carbonyl (C=O) groups is 2. The van der Waals surface area contributed by atoms with E-state index >= 15 is 0 Å². The molecule has 0 bridgehead atoms. The zero-order chi connectivity index (χ0) is 48.3. The van der Waals surface area contributed by atoms with E-state index in [4.69, 9.17) is 33.2 Å². The maximum absolute atomic E-state index is 13.3. The van der Waals surface area contributed by atoms with Gasteiger partial charge < -0.3 is 15.1 Å². The van der Waals surface area contributed by atoms with Gasteiger partial charge in [-0.15, -0.1) is 43.1 Å². The minimum atomic E-state index is -0.445. The highest BCUT2D eigenvalue weighted by molar-refractivity contribution is 7.15. The third-order valence-electron chi connectivity index (χ3n) is 14.6. The summed E-state index contributed by atoms with van der Waals surface area (Å²) in [7, 11) is 2.15. The molecule has 18 heteroatoms. The highest BCUT2D eigenvalue weighted by Crippen LogP contribution is 2.49. The van der Waals surface area contributed by atoms with Gasteiger partial charge in [0.05, 0.1) is 24.3 Å². The van der Waals surface area contributed by atoms with Crippen LogP contribution < -0.4 is 5.32 Å². The molecule has 2 atom stereocenters. The first kappa shape index (κ1) is 47.6. The molecular weight excluding hydrogens is 948 g/mol. The largest absolute Gasteiger partial charge is 0.355 e. The highest BCUT2D eigenvalue weighted by atomic mass is 35.5. The lowest BCUT2D eigenvalue weighted by Crippen LogP contribution is -2.61. The third kappa shape index (κ3) is 9.24. The van der Waals surface area contributed by atoms with Crippen LogP contribution in [0.2, 0.25) is 10.0 Å². The second-order valence-corrected chi connectivity index (χ2v) is 22.6. The number of fused-ring (bicyclic) bond motifs is 6. The summed E-state index contributed by atoms with van der Waals surface area (Å²) in [5.74, 6) is 3.18. The van der Waals surface area contributed by atoms with Crippen molar-refractivity contribution in [3.05, 3.63) is 125 Å². The molecule has 69 heavy (non-hydrogen) atoms. The minimum absolute atomic E-state index is 0.0290. The summed E-state index contributed by atoms with van der Waals surface area (Å²) in [6, 6.07) is 14.7. The van der Waals surface area contributed by atoms with Gasteiger partial charge >= 0.3 is 0 Å². The molecule has 4 aromatic heterocycles.